The van der Waals surface area contributed by atoms with E-state index in [4.69, 9.17) is 0 Å². The highest BCUT2D eigenvalue weighted by molar-refractivity contribution is 9.10. The van der Waals surface area contributed by atoms with E-state index in [0.717, 1.165) is 32.1 Å². The van der Waals surface area contributed by atoms with Crippen molar-refractivity contribution in [2.45, 2.75) is 30.6 Å². The van der Waals surface area contributed by atoms with Crippen LogP contribution in [0.2, 0.25) is 0 Å². The average Bonchev–Trinajstić information content (AvgIpc) is 2.44. The Hall–Kier alpha value is -0.500. The lowest BCUT2D eigenvalue weighted by atomic mass is 10.1. The molecule has 0 saturated carbocycles. The van der Waals surface area contributed by atoms with E-state index in [1.54, 1.807) is 0 Å². The molecule has 0 unspecified atom stereocenters. The molecule has 0 spiro atoms. The van der Waals surface area contributed by atoms with Crippen molar-refractivity contribution >= 4 is 26.0 Å². The van der Waals surface area contributed by atoms with Gasteiger partial charge in [-0.15, -0.1) is 0 Å². The van der Waals surface area contributed by atoms with E-state index < -0.39 is 15.8 Å². The molecule has 0 aromatic heterocycles. The van der Waals surface area contributed by atoms with Crippen LogP contribution < -0.4 is 4.72 Å². The topological polar surface area (TPSA) is 49.4 Å². The fraction of sp³-hybridized carbons (Fsp3) is 0.571. The second-order valence-electron chi connectivity index (χ2n) is 5.23. The van der Waals surface area contributed by atoms with Crippen LogP contribution in [0.25, 0.3) is 0 Å². The largest absolute Gasteiger partial charge is 0.303 e. The Balaban J connectivity index is 1.83. The maximum absolute atomic E-state index is 13.7. The number of benzene rings is 1. The molecule has 1 aliphatic rings. The second-order valence-corrected chi connectivity index (χ2v) is 7.88. The van der Waals surface area contributed by atoms with Crippen molar-refractivity contribution in [3.05, 3.63) is 28.5 Å². The molecule has 1 heterocycles. The minimum atomic E-state index is -3.78. The van der Waals surface area contributed by atoms with E-state index in [2.05, 4.69) is 25.6 Å². The van der Waals surface area contributed by atoms with E-state index in [0.29, 0.717) is 11.0 Å². The van der Waals surface area contributed by atoms with Gasteiger partial charge in [0, 0.05) is 11.0 Å². The number of rotatable bonds is 6. The Bertz CT molecular complexity index is 574. The number of hydrogen-bond acceptors (Lipinski definition) is 3. The maximum atomic E-state index is 13.7. The number of halogens is 2. The third kappa shape index (κ3) is 5.02. The van der Waals surface area contributed by atoms with Gasteiger partial charge in [0.25, 0.3) is 0 Å². The highest BCUT2D eigenvalue weighted by atomic mass is 79.9. The summed E-state index contributed by atoms with van der Waals surface area (Å²) in [6.07, 6.45) is 4.45. The van der Waals surface area contributed by atoms with Crippen LogP contribution in [0.4, 0.5) is 4.39 Å². The van der Waals surface area contributed by atoms with Crippen molar-refractivity contribution < 1.29 is 12.8 Å². The fourth-order valence-corrected chi connectivity index (χ4v) is 3.93. The highest BCUT2D eigenvalue weighted by Crippen LogP contribution is 2.19. The van der Waals surface area contributed by atoms with Gasteiger partial charge < -0.3 is 4.90 Å². The molecule has 0 aliphatic carbocycles. The summed E-state index contributed by atoms with van der Waals surface area (Å²) >= 11 is 3.11. The van der Waals surface area contributed by atoms with Gasteiger partial charge in [-0.05, 0) is 57.1 Å². The van der Waals surface area contributed by atoms with Crippen LogP contribution >= 0.6 is 15.9 Å². The van der Waals surface area contributed by atoms with Crippen LogP contribution in [0.1, 0.15) is 25.7 Å². The number of nitrogens with one attached hydrogen (secondary N) is 1. The first-order valence-electron chi connectivity index (χ1n) is 7.16. The van der Waals surface area contributed by atoms with Crippen LogP contribution in [-0.2, 0) is 10.0 Å². The van der Waals surface area contributed by atoms with Crippen LogP contribution in [-0.4, -0.2) is 39.5 Å². The number of piperidine rings is 1. The Morgan fingerprint density at radius 1 is 1.24 bits per heavy atom. The molecule has 7 heteroatoms. The number of hydrogen-bond donors (Lipinski definition) is 1. The molecular formula is C14H20BrFN2O2S. The lowest BCUT2D eigenvalue weighted by molar-refractivity contribution is 0.227. The summed E-state index contributed by atoms with van der Waals surface area (Å²) in [4.78, 5) is 2.04. The molecule has 1 aromatic carbocycles. The summed E-state index contributed by atoms with van der Waals surface area (Å²) in [5, 5.41) is 0. The predicted molar refractivity (Wildman–Crippen MR) is 84.2 cm³/mol. The third-order valence-corrected chi connectivity index (χ3v) is 5.56. The van der Waals surface area contributed by atoms with Gasteiger partial charge >= 0.3 is 0 Å². The number of sulfonamides is 1. The van der Waals surface area contributed by atoms with E-state index in [1.807, 2.05) is 0 Å². The zero-order chi connectivity index (χ0) is 15.3. The Morgan fingerprint density at radius 2 is 1.95 bits per heavy atom. The van der Waals surface area contributed by atoms with Gasteiger partial charge in [-0.25, -0.2) is 17.5 Å². The molecule has 1 saturated heterocycles. The van der Waals surface area contributed by atoms with Crippen molar-refractivity contribution in [3.8, 4) is 0 Å². The smallest absolute Gasteiger partial charge is 0.243 e. The number of nitrogens with zero attached hydrogens (tertiary/aromatic N) is 1. The van der Waals surface area contributed by atoms with Gasteiger partial charge in [0.2, 0.25) is 10.0 Å². The lowest BCUT2D eigenvalue weighted by Gasteiger charge is -2.26. The molecule has 1 fully saturated rings. The molecule has 4 nitrogen and oxygen atoms in total. The summed E-state index contributed by atoms with van der Waals surface area (Å²) in [7, 11) is -3.78. The van der Waals surface area contributed by atoms with Gasteiger partial charge in [0.15, 0.2) is 0 Å². The monoisotopic (exact) mass is 378 g/mol. The lowest BCUT2D eigenvalue weighted by Crippen LogP contribution is -2.33. The zero-order valence-corrected chi connectivity index (χ0v) is 14.2. The minimum Gasteiger partial charge on any atom is -0.303 e. The van der Waals surface area contributed by atoms with Crippen molar-refractivity contribution in [1.29, 1.82) is 0 Å². The van der Waals surface area contributed by atoms with Crippen molar-refractivity contribution in [1.82, 2.24) is 9.62 Å². The SMILES string of the molecule is O=S(=O)(NCCCN1CCCCC1)c1ccc(Br)cc1F. The molecule has 1 aliphatic heterocycles. The normalized spacial score (nSPS) is 17.0. The predicted octanol–water partition coefficient (Wildman–Crippen LogP) is 2.74. The van der Waals surface area contributed by atoms with Gasteiger partial charge in [-0.1, -0.05) is 22.4 Å². The molecular weight excluding hydrogens is 359 g/mol. The van der Waals surface area contributed by atoms with Gasteiger partial charge in [-0.3, -0.25) is 0 Å². The first kappa shape index (κ1) is 16.9. The first-order valence-corrected chi connectivity index (χ1v) is 9.44. The van der Waals surface area contributed by atoms with Crippen molar-refractivity contribution in [2.75, 3.05) is 26.2 Å². The number of likely N-dealkylation sites (tertiary alicyclic amines) is 1. The van der Waals surface area contributed by atoms with E-state index in [1.165, 1.54) is 31.4 Å². The third-order valence-electron chi connectivity index (χ3n) is 3.58. The molecule has 118 valence electrons. The van der Waals surface area contributed by atoms with Gasteiger partial charge in [0.1, 0.15) is 10.7 Å². The summed E-state index contributed by atoms with van der Waals surface area (Å²) in [5.41, 5.74) is 0. The van der Waals surface area contributed by atoms with Gasteiger partial charge in [0.05, 0.1) is 0 Å². The standard InChI is InChI=1S/C14H20BrFN2O2S/c15-12-5-6-14(13(16)11-12)21(19,20)17-7-4-10-18-8-2-1-3-9-18/h5-6,11,17H,1-4,7-10H2. The van der Waals surface area contributed by atoms with E-state index in [9.17, 15) is 12.8 Å². The summed E-state index contributed by atoms with van der Waals surface area (Å²) in [6, 6.07) is 3.94. The molecule has 0 bridgehead atoms. The molecule has 21 heavy (non-hydrogen) atoms. The zero-order valence-electron chi connectivity index (χ0n) is 11.8. The summed E-state index contributed by atoms with van der Waals surface area (Å²) < 4.78 is 40.7. The van der Waals surface area contributed by atoms with E-state index in [-0.39, 0.29) is 4.90 Å². The Kier molecular flexibility index (Phi) is 6.16. The molecule has 0 radical (unpaired) electrons. The quantitative estimate of drug-likeness (QED) is 0.774. The second kappa shape index (κ2) is 7.67. The summed E-state index contributed by atoms with van der Waals surface area (Å²) in [6.45, 7) is 3.39. The van der Waals surface area contributed by atoms with Gasteiger partial charge in [-0.2, -0.15) is 0 Å². The molecule has 1 N–H and O–H groups in total. The average molecular weight is 379 g/mol. The highest BCUT2D eigenvalue weighted by Gasteiger charge is 2.18. The molecule has 2 rings (SSSR count). The fourth-order valence-electron chi connectivity index (χ4n) is 2.46. The van der Waals surface area contributed by atoms with Crippen molar-refractivity contribution in [2.24, 2.45) is 0 Å². The molecule has 0 atom stereocenters. The first-order chi connectivity index (χ1) is 9.99. The maximum Gasteiger partial charge on any atom is 0.243 e. The van der Waals surface area contributed by atoms with Crippen LogP contribution in [0.3, 0.4) is 0 Å². The molecule has 1 aromatic rings. The van der Waals surface area contributed by atoms with Crippen LogP contribution in [0.15, 0.2) is 27.6 Å². The van der Waals surface area contributed by atoms with Crippen molar-refractivity contribution in [3.63, 3.8) is 0 Å². The minimum absolute atomic E-state index is 0.302. The van der Waals surface area contributed by atoms with Crippen LogP contribution in [0.5, 0.6) is 0 Å². The summed E-state index contributed by atoms with van der Waals surface area (Å²) in [5.74, 6) is -0.743. The van der Waals surface area contributed by atoms with E-state index >= 15 is 0 Å². The Labute approximate surface area is 133 Å². The Morgan fingerprint density at radius 3 is 2.62 bits per heavy atom. The molecule has 0 amide bonds. The van der Waals surface area contributed by atoms with Crippen LogP contribution in [0, 0.1) is 5.82 Å².